The standard InChI is InChI=1S/C52H73IN12O11/c1-32(66)63(3)24-13-40(67)61-41(45(69)70)51(75)16-25-64(26-17-51)48(73)56-20-4-7-34-9-10-38-37(12-23-54-43(38)59-34)33-29-36(31-53)58-39(30-33)44(68)62-42(46(71)72)52(76)18-27-65(28-19-52)49(74)57-21-5-8-35-11-15-50(2)14-6-22-55-47(50)60-35/h9-11,29-30,37,41-42,75-76H,4-8,12-28,31H2,1-3H3,(H,54,59)(H,55,60)(H,56,73)(H,57,74)(H,61,67)(H,62,68)(H,69,70)(H,71,72). The molecule has 414 valence electrons. The van der Waals surface area contributed by atoms with E-state index in [1.54, 1.807) is 11.0 Å². The lowest BCUT2D eigenvalue weighted by Gasteiger charge is -2.41. The van der Waals surface area contributed by atoms with Crippen LogP contribution in [0.15, 0.2) is 41.0 Å². The van der Waals surface area contributed by atoms with Crippen LogP contribution in [0.5, 0.6) is 0 Å². The van der Waals surface area contributed by atoms with E-state index >= 15 is 0 Å². The Kier molecular flexibility index (Phi) is 19.2. The summed E-state index contributed by atoms with van der Waals surface area (Å²) in [5.41, 5.74) is 0.713. The van der Waals surface area contributed by atoms with Crippen LogP contribution in [0.3, 0.4) is 0 Å². The third kappa shape index (κ3) is 14.3. The van der Waals surface area contributed by atoms with E-state index in [9.17, 15) is 54.0 Å². The average molecular weight is 1170 g/mol. The smallest absolute Gasteiger partial charge is 0.329 e. The van der Waals surface area contributed by atoms with Crippen molar-refractivity contribution >= 4 is 76.0 Å². The van der Waals surface area contributed by atoms with Gasteiger partial charge in [0.2, 0.25) is 11.8 Å². The van der Waals surface area contributed by atoms with E-state index in [0.717, 1.165) is 67.0 Å². The van der Waals surface area contributed by atoms with Crippen molar-refractivity contribution in [2.75, 3.05) is 71.3 Å². The molecule has 5 aliphatic rings. The van der Waals surface area contributed by atoms with Crippen molar-refractivity contribution in [2.24, 2.45) is 10.4 Å². The second kappa shape index (κ2) is 25.3. The molecule has 0 aromatic carbocycles. The van der Waals surface area contributed by atoms with Crippen molar-refractivity contribution in [3.05, 3.63) is 64.2 Å². The number of amidine groups is 1. The lowest BCUT2D eigenvalue weighted by Crippen LogP contribution is -2.62. The van der Waals surface area contributed by atoms with Crippen LogP contribution in [0.2, 0.25) is 0 Å². The largest absolute Gasteiger partial charge is 0.480 e. The molecule has 2 saturated heterocycles. The quantitative estimate of drug-likeness (QED) is 0.0518. The Morgan fingerprint density at radius 2 is 1.46 bits per heavy atom. The number of hydrogen-bond donors (Lipinski definition) is 10. The minimum atomic E-state index is -1.82. The number of aryl methyl sites for hydroxylation is 1. The lowest BCUT2D eigenvalue weighted by molar-refractivity contribution is -0.153. The highest BCUT2D eigenvalue weighted by atomic mass is 127. The summed E-state index contributed by atoms with van der Waals surface area (Å²) in [4.78, 5) is 107. The first kappa shape index (κ1) is 57.6. The highest BCUT2D eigenvalue weighted by Crippen LogP contribution is 2.38. The van der Waals surface area contributed by atoms with Gasteiger partial charge in [0.1, 0.15) is 17.3 Å². The number of fused-ring (bicyclic) bond motifs is 2. The average Bonchev–Trinajstić information content (AvgIpc) is 3.40. The molecule has 0 saturated carbocycles. The van der Waals surface area contributed by atoms with Crippen LogP contribution < -0.4 is 31.9 Å². The monoisotopic (exact) mass is 1170 g/mol. The van der Waals surface area contributed by atoms with E-state index in [1.807, 2.05) is 18.2 Å². The summed E-state index contributed by atoms with van der Waals surface area (Å²) in [7, 11) is 1.52. The molecular formula is C52H73IN12O11. The fourth-order valence-electron chi connectivity index (χ4n) is 10.6. The van der Waals surface area contributed by atoms with E-state index in [1.165, 1.54) is 23.8 Å². The summed E-state index contributed by atoms with van der Waals surface area (Å²) >= 11 is 2.16. The number of aliphatic imine (C=N–C) groups is 1. The van der Waals surface area contributed by atoms with Crippen molar-refractivity contribution in [2.45, 2.75) is 131 Å². The lowest BCUT2D eigenvalue weighted by atomic mass is 9.77. The number of pyridine rings is 2. The molecule has 5 aliphatic heterocycles. The number of carboxylic acids is 2. The molecule has 7 heterocycles. The number of nitrogens with one attached hydrogen (secondary N) is 6. The van der Waals surface area contributed by atoms with Gasteiger partial charge in [-0.2, -0.15) is 0 Å². The van der Waals surface area contributed by atoms with Gasteiger partial charge in [-0.15, -0.1) is 0 Å². The zero-order valence-corrected chi connectivity index (χ0v) is 45.7. The second-order valence-electron chi connectivity index (χ2n) is 21.0. The molecule has 76 heavy (non-hydrogen) atoms. The zero-order valence-electron chi connectivity index (χ0n) is 43.6. The van der Waals surface area contributed by atoms with Gasteiger partial charge in [-0.25, -0.2) is 29.1 Å². The molecule has 4 atom stereocenters. The molecule has 7 amide bonds. The maximum atomic E-state index is 13.9. The fourth-order valence-corrected chi connectivity index (χ4v) is 11.0. The number of piperidine rings is 2. The third-order valence-corrected chi connectivity index (χ3v) is 16.3. The first-order valence-electron chi connectivity index (χ1n) is 26.3. The summed E-state index contributed by atoms with van der Waals surface area (Å²) in [5.74, 6) is -2.84. The normalized spacial score (nSPS) is 21.3. The number of aliphatic hydroxyl groups is 2. The van der Waals surface area contributed by atoms with Crippen molar-refractivity contribution in [1.29, 1.82) is 0 Å². The van der Waals surface area contributed by atoms with Crippen LogP contribution in [-0.4, -0.2) is 182 Å². The number of carboxylic acid groups (broad SMARTS) is 2. The van der Waals surface area contributed by atoms with Gasteiger partial charge in [0.25, 0.3) is 5.91 Å². The Morgan fingerprint density at radius 1 is 0.842 bits per heavy atom. The number of urea groups is 2. The van der Waals surface area contributed by atoms with Crippen molar-refractivity contribution < 1.29 is 54.0 Å². The Labute approximate surface area is 456 Å². The van der Waals surface area contributed by atoms with E-state index in [2.05, 4.69) is 72.5 Å². The summed E-state index contributed by atoms with van der Waals surface area (Å²) in [6.07, 6.45) is 8.25. The maximum absolute atomic E-state index is 13.9. The molecular weight excluding hydrogens is 1100 g/mol. The highest BCUT2D eigenvalue weighted by Gasteiger charge is 2.47. The Balaban J connectivity index is 0.872. The molecule has 0 aliphatic carbocycles. The third-order valence-electron chi connectivity index (χ3n) is 15.5. The number of alkyl halides is 1. The number of allylic oxidation sites excluding steroid dienone is 2. The molecule has 2 fully saturated rings. The summed E-state index contributed by atoms with van der Waals surface area (Å²) < 4.78 is 0.472. The van der Waals surface area contributed by atoms with Gasteiger partial charge in [-0.1, -0.05) is 41.7 Å². The Hall–Kier alpha value is -6.15. The first-order valence-corrected chi connectivity index (χ1v) is 27.8. The SMILES string of the molecule is CC(=O)N(C)CCC(=O)NC(C(=O)O)C1(O)CCN(C(=O)NCCCc2ccc3c(n2)NCCC3c2cc(CI)nc(C(=O)NC(C(=O)O)C3(O)CCN(C(=O)NCCCC4=CCC5(C)CCCN=C5N4)CC3)c2)CC1. The second-order valence-corrected chi connectivity index (χ2v) is 21.8. The van der Waals surface area contributed by atoms with Gasteiger partial charge in [-0.05, 0) is 101 Å². The Bertz CT molecular complexity index is 2570. The van der Waals surface area contributed by atoms with E-state index in [0.29, 0.717) is 54.8 Å². The number of anilines is 1. The number of halogens is 1. The molecule has 0 bridgehead atoms. The van der Waals surface area contributed by atoms with Crippen LogP contribution >= 0.6 is 22.6 Å². The minimum absolute atomic E-state index is 0.0164. The predicted octanol–water partition coefficient (Wildman–Crippen LogP) is 2.84. The molecule has 2 aromatic heterocycles. The number of nitrogens with zero attached hydrogens (tertiary/aromatic N) is 6. The zero-order chi connectivity index (χ0) is 54.8. The van der Waals surface area contributed by atoms with Crippen LogP contribution in [0.1, 0.15) is 130 Å². The number of aliphatic carboxylic acids is 2. The molecule has 0 spiro atoms. The first-order chi connectivity index (χ1) is 36.2. The van der Waals surface area contributed by atoms with Gasteiger partial charge >= 0.3 is 24.0 Å². The van der Waals surface area contributed by atoms with Gasteiger partial charge in [-0.3, -0.25) is 19.4 Å². The number of carbonyl (C=O) groups is 7. The van der Waals surface area contributed by atoms with E-state index in [4.69, 9.17) is 9.98 Å². The molecule has 7 rings (SSSR count). The van der Waals surface area contributed by atoms with Crippen molar-refractivity contribution in [1.82, 2.24) is 51.3 Å². The maximum Gasteiger partial charge on any atom is 0.329 e. The summed E-state index contributed by atoms with van der Waals surface area (Å²) in [6.45, 7) is 6.21. The van der Waals surface area contributed by atoms with Gasteiger partial charge < -0.3 is 67.0 Å². The van der Waals surface area contributed by atoms with Crippen LogP contribution in [0, 0.1) is 5.41 Å². The van der Waals surface area contributed by atoms with Crippen LogP contribution in [-0.2, 0) is 30.0 Å². The molecule has 2 aromatic rings. The number of aromatic nitrogens is 2. The highest BCUT2D eigenvalue weighted by molar-refractivity contribution is 14.1. The van der Waals surface area contributed by atoms with Gasteiger partial charge in [0, 0.05) is 112 Å². The molecule has 10 N–H and O–H groups in total. The van der Waals surface area contributed by atoms with Gasteiger partial charge in [0.05, 0.1) is 16.9 Å². The molecule has 23 nitrogen and oxygen atoms in total. The van der Waals surface area contributed by atoms with Crippen molar-refractivity contribution in [3.63, 3.8) is 0 Å². The number of rotatable bonds is 20. The minimum Gasteiger partial charge on any atom is -0.480 e. The fraction of sp³-hybridized carbons (Fsp3) is 0.615. The number of likely N-dealkylation sites (tertiary alicyclic amines) is 2. The summed E-state index contributed by atoms with van der Waals surface area (Å²) in [5, 5.41) is 60.9. The van der Waals surface area contributed by atoms with Crippen molar-refractivity contribution in [3.8, 4) is 0 Å². The van der Waals surface area contributed by atoms with E-state index < -0.39 is 47.0 Å². The van der Waals surface area contributed by atoms with Crippen LogP contribution in [0.4, 0.5) is 15.4 Å². The molecule has 24 heteroatoms. The van der Waals surface area contributed by atoms with Gasteiger partial charge in [0.15, 0.2) is 12.1 Å². The topological polar surface area (TPSA) is 320 Å². The number of hydrogen-bond acceptors (Lipinski definition) is 14. The Morgan fingerprint density at radius 3 is 2.07 bits per heavy atom. The number of carbonyl (C=O) groups excluding carboxylic acids is 5. The predicted molar refractivity (Wildman–Crippen MR) is 289 cm³/mol. The number of amides is 7. The molecule has 4 unspecified atom stereocenters. The van der Waals surface area contributed by atoms with Crippen LogP contribution in [0.25, 0.3) is 0 Å². The van der Waals surface area contributed by atoms with E-state index in [-0.39, 0.29) is 99.8 Å². The molecule has 0 radical (unpaired) electrons. The summed E-state index contributed by atoms with van der Waals surface area (Å²) in [6, 6.07) is 3.58.